The lowest BCUT2D eigenvalue weighted by Gasteiger charge is -2.55. The Bertz CT molecular complexity index is 1390. The molecule has 1 aliphatic heterocycles. The molecule has 1 saturated heterocycles. The van der Waals surface area contributed by atoms with E-state index in [1.54, 1.807) is 32.9 Å². The summed E-state index contributed by atoms with van der Waals surface area (Å²) >= 11 is 0. The molecule has 0 bridgehead atoms. The molecule has 214 valence electrons. The lowest BCUT2D eigenvalue weighted by atomic mass is 9.49. The predicted molar refractivity (Wildman–Crippen MR) is 151 cm³/mol. The molecule has 1 amide bonds. The lowest BCUT2D eigenvalue weighted by Crippen LogP contribution is -2.67. The van der Waals surface area contributed by atoms with Crippen LogP contribution in [-0.2, 0) is 20.8 Å². The minimum Gasteiger partial charge on any atom is -0.389 e. The first-order valence-electron chi connectivity index (χ1n) is 14.3. The second kappa shape index (κ2) is 10.4. The third-order valence-corrected chi connectivity index (χ3v) is 9.87. The molecule has 2 aliphatic carbocycles. The summed E-state index contributed by atoms with van der Waals surface area (Å²) in [4.78, 5) is 44.5. The largest absolute Gasteiger partial charge is 0.389 e. The van der Waals surface area contributed by atoms with Crippen molar-refractivity contribution in [1.29, 1.82) is 0 Å². The fourth-order valence-corrected chi connectivity index (χ4v) is 7.56. The van der Waals surface area contributed by atoms with Gasteiger partial charge in [0, 0.05) is 41.4 Å². The molecule has 5 N–H and O–H groups in total. The van der Waals surface area contributed by atoms with Gasteiger partial charge in [0.15, 0.2) is 5.78 Å². The predicted octanol–water partition coefficient (Wildman–Crippen LogP) is 3.01. The van der Waals surface area contributed by atoms with Crippen LogP contribution < -0.4 is 5.32 Å². The second-order valence-corrected chi connectivity index (χ2v) is 12.4. The number of allylic oxidation sites excluding steroid dienone is 2. The van der Waals surface area contributed by atoms with Crippen molar-refractivity contribution in [2.45, 2.75) is 77.2 Å². The Morgan fingerprint density at radius 1 is 1.10 bits per heavy atom. The van der Waals surface area contributed by atoms with Gasteiger partial charge in [-0.1, -0.05) is 50.3 Å². The molecule has 8 nitrogen and oxygen atoms in total. The number of aromatic nitrogens is 1. The molecule has 1 spiro atoms. The molecule has 2 heterocycles. The number of hydrogen-bond acceptors (Lipinski definition) is 6. The number of aliphatic hydroxyl groups excluding tert-OH is 2. The Morgan fingerprint density at radius 2 is 1.82 bits per heavy atom. The summed E-state index contributed by atoms with van der Waals surface area (Å²) in [6.07, 6.45) is 5.12. The molecular formula is C32H40N2O6. The fraction of sp³-hybridized carbons (Fsp3) is 0.531. The van der Waals surface area contributed by atoms with Gasteiger partial charge < -0.3 is 25.6 Å². The zero-order valence-corrected chi connectivity index (χ0v) is 23.6. The Labute approximate surface area is 234 Å². The van der Waals surface area contributed by atoms with Gasteiger partial charge in [-0.3, -0.25) is 14.4 Å². The lowest BCUT2D eigenvalue weighted by molar-refractivity contribution is -0.199. The van der Waals surface area contributed by atoms with Crippen molar-refractivity contribution in [3.63, 3.8) is 0 Å². The maximum Gasteiger partial charge on any atom is 0.235 e. The smallest absolute Gasteiger partial charge is 0.235 e. The molecule has 8 heteroatoms. The summed E-state index contributed by atoms with van der Waals surface area (Å²) in [5.74, 6) is -3.60. The van der Waals surface area contributed by atoms with Crippen molar-refractivity contribution in [3.8, 4) is 0 Å². The number of Topliss-reactive ketones (excluding diaryl/α,β-unsaturated/α-hetero) is 2. The molecule has 0 unspecified atom stereocenters. The molecule has 9 atom stereocenters. The van der Waals surface area contributed by atoms with Gasteiger partial charge in [-0.15, -0.1) is 0 Å². The van der Waals surface area contributed by atoms with Crippen LogP contribution in [0.5, 0.6) is 0 Å². The number of amides is 1. The molecule has 5 rings (SSSR count). The zero-order valence-electron chi connectivity index (χ0n) is 23.6. The summed E-state index contributed by atoms with van der Waals surface area (Å²) < 4.78 is 0. The second-order valence-electron chi connectivity index (χ2n) is 12.4. The van der Waals surface area contributed by atoms with Crippen LogP contribution in [0, 0.1) is 29.1 Å². The molecule has 1 saturated carbocycles. The van der Waals surface area contributed by atoms with Crippen molar-refractivity contribution >= 4 is 28.4 Å². The number of para-hydroxylation sites is 1. The Hall–Kier alpha value is -3.07. The van der Waals surface area contributed by atoms with E-state index in [0.717, 1.165) is 16.5 Å². The number of fused-ring (bicyclic) bond motifs is 1. The van der Waals surface area contributed by atoms with Crippen molar-refractivity contribution in [3.05, 3.63) is 59.8 Å². The van der Waals surface area contributed by atoms with Gasteiger partial charge >= 0.3 is 0 Å². The Balaban J connectivity index is 1.62. The zero-order chi connectivity index (χ0) is 29.0. The summed E-state index contributed by atoms with van der Waals surface area (Å²) in [6.45, 7) is 6.96. The SMILES string of the molecule is C/C1=C\[C@@H](C)C/C=C/[C@H]2[C@H](O)[C@](C)(O)[C@@H](C)[C@H]3[C@H](Cc4c[nH]c5ccccc45)NC(=O)[C@]32C(=O)CC[C@H](O)C1=O. The number of aliphatic hydroxyl groups is 3. The van der Waals surface area contributed by atoms with Crippen LogP contribution in [0.25, 0.3) is 10.9 Å². The van der Waals surface area contributed by atoms with Gasteiger partial charge in [0.05, 0.1) is 11.7 Å². The number of benzene rings is 1. The van der Waals surface area contributed by atoms with Crippen LogP contribution in [0.3, 0.4) is 0 Å². The van der Waals surface area contributed by atoms with E-state index in [-0.39, 0.29) is 18.8 Å². The summed E-state index contributed by atoms with van der Waals surface area (Å²) in [6, 6.07) is 7.38. The van der Waals surface area contributed by atoms with E-state index in [0.29, 0.717) is 18.4 Å². The monoisotopic (exact) mass is 548 g/mol. The fourth-order valence-electron chi connectivity index (χ4n) is 7.56. The molecular weight excluding hydrogens is 508 g/mol. The molecule has 0 radical (unpaired) electrons. The van der Waals surface area contributed by atoms with Gasteiger partial charge in [-0.25, -0.2) is 0 Å². The maximum absolute atomic E-state index is 14.3. The molecule has 2 aromatic rings. The Kier molecular flexibility index (Phi) is 7.40. The van der Waals surface area contributed by atoms with Crippen molar-refractivity contribution in [2.24, 2.45) is 29.1 Å². The van der Waals surface area contributed by atoms with Gasteiger partial charge in [-0.05, 0) is 62.1 Å². The highest BCUT2D eigenvalue weighted by molar-refractivity contribution is 6.09. The average Bonchev–Trinajstić information content (AvgIpc) is 3.45. The minimum atomic E-state index is -1.66. The van der Waals surface area contributed by atoms with E-state index < -0.39 is 64.5 Å². The van der Waals surface area contributed by atoms with Crippen molar-refractivity contribution in [2.75, 3.05) is 0 Å². The van der Waals surface area contributed by atoms with Crippen LogP contribution in [-0.4, -0.2) is 61.6 Å². The third kappa shape index (κ3) is 4.37. The number of hydrogen-bond donors (Lipinski definition) is 5. The highest BCUT2D eigenvalue weighted by Gasteiger charge is 2.71. The van der Waals surface area contributed by atoms with Crippen molar-refractivity contribution < 1.29 is 29.7 Å². The standard InChI is InChI=1S/C32H40N2O6/c1-17-8-7-10-22-29(38)31(4,40)19(3)27-24(15-20-16-33-23-11-6-5-9-21(20)23)34-30(39)32(22,27)26(36)13-12-25(35)28(37)18(2)14-17/h5-7,9-11,14,16-17,19,22,24-25,27,29,33,35,38,40H,8,12-13,15H2,1-4H3,(H,34,39)/b10-7+,18-14+/t17-,19-,22-,24-,25-,27-,29-,31+,32+/m0/s1. The van der Waals surface area contributed by atoms with Crippen LogP contribution >= 0.6 is 0 Å². The highest BCUT2D eigenvalue weighted by atomic mass is 16.3. The van der Waals surface area contributed by atoms with E-state index >= 15 is 0 Å². The van der Waals surface area contributed by atoms with E-state index in [4.69, 9.17) is 0 Å². The first-order valence-corrected chi connectivity index (χ1v) is 14.3. The quantitative estimate of drug-likeness (QED) is 0.289. The first kappa shape index (κ1) is 28.5. The molecule has 1 aromatic carbocycles. The maximum atomic E-state index is 14.3. The van der Waals surface area contributed by atoms with Crippen LogP contribution in [0.15, 0.2) is 54.3 Å². The summed E-state index contributed by atoms with van der Waals surface area (Å²) in [5.41, 5.74) is -0.846. The van der Waals surface area contributed by atoms with E-state index in [9.17, 15) is 29.7 Å². The first-order chi connectivity index (χ1) is 18.9. The number of aromatic amines is 1. The van der Waals surface area contributed by atoms with Crippen LogP contribution in [0.2, 0.25) is 0 Å². The van der Waals surface area contributed by atoms with Crippen molar-refractivity contribution in [1.82, 2.24) is 10.3 Å². The summed E-state index contributed by atoms with van der Waals surface area (Å²) in [5, 5.41) is 38.0. The number of nitrogens with one attached hydrogen (secondary N) is 2. The number of ketones is 2. The Morgan fingerprint density at radius 3 is 2.58 bits per heavy atom. The summed E-state index contributed by atoms with van der Waals surface area (Å²) in [7, 11) is 0. The van der Waals surface area contributed by atoms with Gasteiger partial charge in [0.2, 0.25) is 5.91 Å². The third-order valence-electron chi connectivity index (χ3n) is 9.87. The number of carbonyl (C=O) groups excluding carboxylic acids is 3. The topological polar surface area (TPSA) is 140 Å². The molecule has 1 aromatic heterocycles. The number of carbonyl (C=O) groups is 3. The normalized spacial score (nSPS) is 41.1. The van der Waals surface area contributed by atoms with Crippen LogP contribution in [0.4, 0.5) is 0 Å². The molecule has 2 fully saturated rings. The highest BCUT2D eigenvalue weighted by Crippen LogP contribution is 2.58. The van der Waals surface area contributed by atoms with Crippen LogP contribution in [0.1, 0.15) is 52.5 Å². The van der Waals surface area contributed by atoms with E-state index in [1.165, 1.54) is 0 Å². The van der Waals surface area contributed by atoms with E-state index in [1.807, 2.05) is 43.5 Å². The van der Waals surface area contributed by atoms with Gasteiger partial charge in [-0.2, -0.15) is 0 Å². The molecule has 3 aliphatic rings. The molecule has 40 heavy (non-hydrogen) atoms. The van der Waals surface area contributed by atoms with Gasteiger partial charge in [0.25, 0.3) is 0 Å². The van der Waals surface area contributed by atoms with Gasteiger partial charge in [0.1, 0.15) is 17.3 Å². The number of H-pyrrole nitrogens is 1. The number of rotatable bonds is 2. The average molecular weight is 549 g/mol. The van der Waals surface area contributed by atoms with E-state index in [2.05, 4.69) is 10.3 Å². The minimum absolute atomic E-state index is 0.0530.